The van der Waals surface area contributed by atoms with Gasteiger partial charge in [-0.1, -0.05) is 12.1 Å². The first kappa shape index (κ1) is 25.6. The molecule has 10 heteroatoms. The van der Waals surface area contributed by atoms with Crippen LogP contribution in [-0.4, -0.2) is 43.3 Å². The van der Waals surface area contributed by atoms with E-state index in [2.05, 4.69) is 4.90 Å². The third kappa shape index (κ3) is 4.91. The lowest BCUT2D eigenvalue weighted by Gasteiger charge is -2.36. The second-order valence-corrected chi connectivity index (χ2v) is 9.04. The number of hydrogen-bond donors (Lipinski definition) is 1. The number of alkyl halides is 3. The Morgan fingerprint density at radius 2 is 1.61 bits per heavy atom. The Kier molecular flexibility index (Phi) is 6.75. The van der Waals surface area contributed by atoms with Crippen LogP contribution in [0.25, 0.3) is 22.1 Å². The zero-order valence-corrected chi connectivity index (χ0v) is 20.4. The summed E-state index contributed by atoms with van der Waals surface area (Å²) < 4.78 is 66.2. The summed E-state index contributed by atoms with van der Waals surface area (Å²) in [7, 11) is 1.43. The van der Waals surface area contributed by atoms with Gasteiger partial charge in [-0.05, 0) is 54.1 Å². The standard InChI is InChI=1S/C28H24F4N2O4/c1-37-20-8-2-17(3-9-20)24-25(36)21-10-11-23(35)22(26(21)38-27(24)28(30,31)32)16-33-12-14-34(15-13-33)19-6-4-18(29)5-7-19/h2-11,35H,12-16H2,1H3. The predicted octanol–water partition coefficient (Wildman–Crippen LogP) is 5.65. The number of anilines is 1. The minimum absolute atomic E-state index is 0.0420. The zero-order chi connectivity index (χ0) is 27.0. The number of hydrogen-bond acceptors (Lipinski definition) is 6. The monoisotopic (exact) mass is 528 g/mol. The molecule has 1 aromatic heterocycles. The van der Waals surface area contributed by atoms with Crippen LogP contribution >= 0.6 is 0 Å². The fourth-order valence-electron chi connectivity index (χ4n) is 4.72. The number of ether oxygens (including phenoxy) is 1. The van der Waals surface area contributed by atoms with Crippen molar-refractivity contribution in [3.05, 3.63) is 88.0 Å². The van der Waals surface area contributed by atoms with Crippen molar-refractivity contribution in [1.82, 2.24) is 4.90 Å². The van der Waals surface area contributed by atoms with E-state index in [1.807, 2.05) is 4.90 Å². The Morgan fingerprint density at radius 3 is 2.21 bits per heavy atom. The van der Waals surface area contributed by atoms with Gasteiger partial charge in [0.25, 0.3) is 0 Å². The Hall–Kier alpha value is -4.05. The number of piperazine rings is 1. The number of methoxy groups -OCH3 is 1. The highest BCUT2D eigenvalue weighted by atomic mass is 19.4. The fraction of sp³-hybridized carbons (Fsp3) is 0.250. The normalized spacial score (nSPS) is 14.7. The van der Waals surface area contributed by atoms with Gasteiger partial charge in [0.1, 0.15) is 22.9 Å². The van der Waals surface area contributed by atoms with Crippen LogP contribution in [0.2, 0.25) is 0 Å². The third-order valence-electron chi connectivity index (χ3n) is 6.72. The molecule has 6 nitrogen and oxygen atoms in total. The van der Waals surface area contributed by atoms with Gasteiger partial charge in [-0.25, -0.2) is 4.39 Å². The van der Waals surface area contributed by atoms with Crippen LogP contribution in [0.4, 0.5) is 23.2 Å². The van der Waals surface area contributed by atoms with E-state index in [-0.39, 0.29) is 40.2 Å². The van der Waals surface area contributed by atoms with Gasteiger partial charge in [0.2, 0.25) is 11.2 Å². The van der Waals surface area contributed by atoms with Crippen LogP contribution in [0, 0.1) is 5.82 Å². The van der Waals surface area contributed by atoms with Gasteiger partial charge in [0.15, 0.2) is 0 Å². The molecule has 2 heterocycles. The predicted molar refractivity (Wildman–Crippen MR) is 135 cm³/mol. The van der Waals surface area contributed by atoms with E-state index >= 15 is 0 Å². The van der Waals surface area contributed by atoms with Crippen LogP contribution in [0.3, 0.4) is 0 Å². The molecule has 0 unspecified atom stereocenters. The number of fused-ring (bicyclic) bond motifs is 1. The molecule has 0 amide bonds. The largest absolute Gasteiger partial charge is 0.507 e. The third-order valence-corrected chi connectivity index (χ3v) is 6.72. The molecule has 0 bridgehead atoms. The molecule has 0 saturated carbocycles. The summed E-state index contributed by atoms with van der Waals surface area (Å²) in [6, 6.07) is 14.4. The molecule has 0 spiro atoms. The summed E-state index contributed by atoms with van der Waals surface area (Å²) in [5.41, 5.74) is -0.711. The first-order valence-corrected chi connectivity index (χ1v) is 11.9. The molecule has 3 aromatic carbocycles. The van der Waals surface area contributed by atoms with Gasteiger partial charge in [-0.3, -0.25) is 9.69 Å². The Labute approximate surface area is 215 Å². The maximum atomic E-state index is 14.1. The lowest BCUT2D eigenvalue weighted by molar-refractivity contribution is -0.152. The molecule has 1 saturated heterocycles. The van der Waals surface area contributed by atoms with Gasteiger partial charge >= 0.3 is 6.18 Å². The van der Waals surface area contributed by atoms with E-state index in [0.29, 0.717) is 31.9 Å². The molecule has 0 radical (unpaired) electrons. The quantitative estimate of drug-likeness (QED) is 0.338. The minimum Gasteiger partial charge on any atom is -0.507 e. The van der Waals surface area contributed by atoms with Gasteiger partial charge in [0.05, 0.1) is 23.6 Å². The molecule has 198 valence electrons. The van der Waals surface area contributed by atoms with Crippen molar-refractivity contribution in [2.24, 2.45) is 0 Å². The highest BCUT2D eigenvalue weighted by Gasteiger charge is 2.40. The number of benzene rings is 3. The summed E-state index contributed by atoms with van der Waals surface area (Å²) in [4.78, 5) is 17.4. The number of rotatable bonds is 5. The minimum atomic E-state index is -4.95. The van der Waals surface area contributed by atoms with Crippen molar-refractivity contribution in [1.29, 1.82) is 0 Å². The van der Waals surface area contributed by atoms with Gasteiger partial charge in [-0.15, -0.1) is 0 Å². The maximum Gasteiger partial charge on any atom is 0.450 e. The summed E-state index contributed by atoms with van der Waals surface area (Å²) in [6.07, 6.45) is -4.95. The molecule has 5 rings (SSSR count). The number of phenols is 1. The summed E-state index contributed by atoms with van der Waals surface area (Å²) >= 11 is 0. The molecule has 1 aliphatic heterocycles. The number of nitrogens with zero attached hydrogens (tertiary/aromatic N) is 2. The highest BCUT2D eigenvalue weighted by molar-refractivity contribution is 5.87. The Balaban J connectivity index is 1.50. The Bertz CT molecular complexity index is 1510. The fourth-order valence-corrected chi connectivity index (χ4v) is 4.72. The molecule has 1 N–H and O–H groups in total. The van der Waals surface area contributed by atoms with Crippen molar-refractivity contribution in [2.75, 3.05) is 38.2 Å². The average Bonchev–Trinajstić information content (AvgIpc) is 2.90. The summed E-state index contributed by atoms with van der Waals surface area (Å²) in [5, 5.41) is 10.5. The van der Waals surface area contributed by atoms with E-state index in [4.69, 9.17) is 9.15 Å². The molecular formula is C28H24F4N2O4. The zero-order valence-electron chi connectivity index (χ0n) is 20.4. The van der Waals surface area contributed by atoms with Gasteiger partial charge < -0.3 is 19.2 Å². The van der Waals surface area contributed by atoms with Crippen molar-refractivity contribution < 1.29 is 31.8 Å². The molecule has 0 atom stereocenters. The molecule has 38 heavy (non-hydrogen) atoms. The van der Waals surface area contributed by atoms with Crippen LogP contribution in [0.15, 0.2) is 69.9 Å². The van der Waals surface area contributed by atoms with Gasteiger partial charge in [0, 0.05) is 38.4 Å². The number of phenolic OH excluding ortho intramolecular Hbond substituents is 1. The average molecular weight is 529 g/mol. The first-order chi connectivity index (χ1) is 18.2. The second kappa shape index (κ2) is 10.0. The number of halogens is 4. The topological polar surface area (TPSA) is 66.2 Å². The lowest BCUT2D eigenvalue weighted by atomic mass is 10.00. The van der Waals surface area contributed by atoms with Crippen LogP contribution in [0.1, 0.15) is 11.3 Å². The molecule has 1 fully saturated rings. The van der Waals surface area contributed by atoms with Crippen LogP contribution in [-0.2, 0) is 12.7 Å². The van der Waals surface area contributed by atoms with Crippen molar-refractivity contribution >= 4 is 16.7 Å². The van der Waals surface area contributed by atoms with Crippen LogP contribution < -0.4 is 15.1 Å². The van der Waals surface area contributed by atoms with Crippen molar-refractivity contribution in [2.45, 2.75) is 12.7 Å². The van der Waals surface area contributed by atoms with E-state index < -0.39 is 22.9 Å². The molecular weight excluding hydrogens is 504 g/mol. The van der Waals surface area contributed by atoms with Crippen molar-refractivity contribution in [3.8, 4) is 22.6 Å². The maximum absolute atomic E-state index is 14.1. The van der Waals surface area contributed by atoms with E-state index in [1.165, 1.54) is 55.6 Å². The first-order valence-electron chi connectivity index (χ1n) is 11.9. The SMILES string of the molecule is COc1ccc(-c2c(C(F)(F)F)oc3c(CN4CCN(c5ccc(F)cc5)CC4)c(O)ccc3c2=O)cc1. The summed E-state index contributed by atoms with van der Waals surface area (Å²) in [5.74, 6) is -1.58. The van der Waals surface area contributed by atoms with Crippen LogP contribution in [0.5, 0.6) is 11.5 Å². The van der Waals surface area contributed by atoms with E-state index in [0.717, 1.165) is 5.69 Å². The van der Waals surface area contributed by atoms with E-state index in [1.54, 1.807) is 12.1 Å². The lowest BCUT2D eigenvalue weighted by Crippen LogP contribution is -2.46. The van der Waals surface area contributed by atoms with E-state index in [9.17, 15) is 27.5 Å². The smallest absolute Gasteiger partial charge is 0.450 e. The Morgan fingerprint density at radius 1 is 0.947 bits per heavy atom. The highest BCUT2D eigenvalue weighted by Crippen LogP contribution is 2.39. The molecule has 0 aliphatic carbocycles. The molecule has 1 aliphatic rings. The van der Waals surface area contributed by atoms with Gasteiger partial charge in [-0.2, -0.15) is 13.2 Å². The number of aromatic hydroxyl groups is 1. The molecule has 4 aromatic rings. The van der Waals surface area contributed by atoms with Crippen molar-refractivity contribution in [3.63, 3.8) is 0 Å². The summed E-state index contributed by atoms with van der Waals surface area (Å²) in [6.45, 7) is 2.34. The second-order valence-electron chi connectivity index (χ2n) is 9.04.